The summed E-state index contributed by atoms with van der Waals surface area (Å²) in [6.45, 7) is 11.2. The van der Waals surface area contributed by atoms with Gasteiger partial charge in [0.25, 0.3) is 0 Å². The van der Waals surface area contributed by atoms with E-state index in [1.54, 1.807) is 0 Å². The molecule has 0 spiro atoms. The average Bonchev–Trinajstić information content (AvgIpc) is 3.13. The molecule has 0 fully saturated rings. The molecule has 2 aliphatic rings. The summed E-state index contributed by atoms with van der Waals surface area (Å²) in [6.07, 6.45) is 4.29. The highest BCUT2D eigenvalue weighted by atomic mass is 15.4. The molecule has 2 heteroatoms. The first-order chi connectivity index (χ1) is 12.7. The Labute approximate surface area is 158 Å². The summed E-state index contributed by atoms with van der Waals surface area (Å²) >= 11 is 0. The second-order valence-corrected chi connectivity index (χ2v) is 8.33. The molecule has 0 saturated heterocycles. The van der Waals surface area contributed by atoms with Gasteiger partial charge in [-0.15, -0.1) is 0 Å². The standard InChI is InChI=1S/C24H28N2/c1-17-11-9-10-14-21(17)26-18(2)22-20(19-12-7-6-8-13-19)15-16-25(22)23(26)24(3,4)5/h6-16,20,23H,1-5H3/i20D. The van der Waals surface area contributed by atoms with Crippen molar-refractivity contribution in [1.29, 1.82) is 0 Å². The van der Waals surface area contributed by atoms with Crippen molar-refractivity contribution in [1.82, 2.24) is 4.90 Å². The molecule has 0 radical (unpaired) electrons. The lowest BCUT2D eigenvalue weighted by molar-refractivity contribution is 0.200. The van der Waals surface area contributed by atoms with Gasteiger partial charge in [-0.3, -0.25) is 0 Å². The molecule has 0 saturated carbocycles. The first-order valence-corrected chi connectivity index (χ1v) is 9.34. The zero-order chi connectivity index (χ0) is 19.4. The van der Waals surface area contributed by atoms with Gasteiger partial charge >= 0.3 is 0 Å². The molecule has 26 heavy (non-hydrogen) atoms. The van der Waals surface area contributed by atoms with Gasteiger partial charge in [-0.25, -0.2) is 0 Å². The third kappa shape index (κ3) is 2.56. The van der Waals surface area contributed by atoms with Crippen molar-refractivity contribution in [2.45, 2.75) is 46.7 Å². The van der Waals surface area contributed by atoms with E-state index in [0.717, 1.165) is 17.0 Å². The van der Waals surface area contributed by atoms with Crippen LogP contribution in [0.15, 0.2) is 78.3 Å². The quantitative estimate of drug-likeness (QED) is 0.655. The molecule has 0 aliphatic carbocycles. The maximum atomic E-state index is 9.37. The van der Waals surface area contributed by atoms with Gasteiger partial charge in [-0.1, -0.05) is 75.4 Å². The van der Waals surface area contributed by atoms with Gasteiger partial charge in [0.05, 0.1) is 5.70 Å². The fraction of sp³-hybridized carbons (Fsp3) is 0.333. The minimum absolute atomic E-state index is 0.0115. The zero-order valence-electron chi connectivity index (χ0n) is 17.3. The van der Waals surface area contributed by atoms with Crippen molar-refractivity contribution in [3.63, 3.8) is 0 Å². The van der Waals surface area contributed by atoms with E-state index in [9.17, 15) is 1.37 Å². The van der Waals surface area contributed by atoms with Crippen LogP contribution < -0.4 is 4.90 Å². The van der Waals surface area contributed by atoms with Crippen molar-refractivity contribution in [2.75, 3.05) is 4.90 Å². The number of hydrogen-bond donors (Lipinski definition) is 0. The summed E-state index contributed by atoms with van der Waals surface area (Å²) in [5.41, 5.74) is 5.73. The number of rotatable bonds is 2. The van der Waals surface area contributed by atoms with E-state index in [4.69, 9.17) is 0 Å². The Morgan fingerprint density at radius 2 is 1.58 bits per heavy atom. The summed E-state index contributed by atoms with van der Waals surface area (Å²) in [5.74, 6) is -0.855. The van der Waals surface area contributed by atoms with Crippen LogP contribution >= 0.6 is 0 Å². The van der Waals surface area contributed by atoms with Crippen molar-refractivity contribution in [3.8, 4) is 0 Å². The first kappa shape index (κ1) is 15.7. The van der Waals surface area contributed by atoms with Crippen LogP contribution in [0.2, 0.25) is 0 Å². The van der Waals surface area contributed by atoms with E-state index in [0.29, 0.717) is 0 Å². The summed E-state index contributed by atoms with van der Waals surface area (Å²) in [6, 6.07) is 18.7. The second kappa shape index (κ2) is 6.05. The van der Waals surface area contributed by atoms with Crippen LogP contribution in [0.4, 0.5) is 5.69 Å². The molecule has 2 aliphatic heterocycles. The summed E-state index contributed by atoms with van der Waals surface area (Å²) in [7, 11) is 0. The van der Waals surface area contributed by atoms with Crippen molar-refractivity contribution in [3.05, 3.63) is 89.4 Å². The molecule has 2 heterocycles. The van der Waals surface area contributed by atoms with Crippen LogP contribution in [-0.2, 0) is 0 Å². The Morgan fingerprint density at radius 3 is 2.23 bits per heavy atom. The average molecular weight is 346 g/mol. The van der Waals surface area contributed by atoms with E-state index < -0.39 is 5.89 Å². The fourth-order valence-corrected chi connectivity index (χ4v) is 4.26. The minimum Gasteiger partial charge on any atom is -0.328 e. The van der Waals surface area contributed by atoms with Gasteiger partial charge in [0, 0.05) is 30.3 Å². The van der Waals surface area contributed by atoms with Gasteiger partial charge in [0.1, 0.15) is 6.17 Å². The number of hydrogen-bond acceptors (Lipinski definition) is 2. The lowest BCUT2D eigenvalue weighted by Gasteiger charge is -2.41. The number of allylic oxidation sites excluding steroid dienone is 2. The van der Waals surface area contributed by atoms with Crippen LogP contribution in [0.3, 0.4) is 0 Å². The predicted molar refractivity (Wildman–Crippen MR) is 110 cm³/mol. The molecule has 134 valence electrons. The smallest absolute Gasteiger partial charge is 0.115 e. The van der Waals surface area contributed by atoms with Crippen LogP contribution in [0.1, 0.15) is 46.1 Å². The molecular formula is C24H28N2. The number of para-hydroxylation sites is 1. The van der Waals surface area contributed by atoms with Gasteiger partial charge in [-0.05, 0) is 31.0 Å². The highest BCUT2D eigenvalue weighted by Crippen LogP contribution is 2.49. The fourth-order valence-electron chi connectivity index (χ4n) is 4.26. The molecule has 0 N–H and O–H groups in total. The van der Waals surface area contributed by atoms with Crippen LogP contribution in [0, 0.1) is 12.3 Å². The van der Waals surface area contributed by atoms with E-state index in [1.165, 1.54) is 11.3 Å². The topological polar surface area (TPSA) is 6.48 Å². The maximum absolute atomic E-state index is 9.37. The van der Waals surface area contributed by atoms with E-state index in [1.807, 2.05) is 24.3 Å². The molecule has 0 aromatic heterocycles. The Hall–Kier alpha value is -2.48. The summed E-state index contributed by atoms with van der Waals surface area (Å²) in [4.78, 5) is 4.75. The first-order valence-electron chi connectivity index (χ1n) is 9.84. The van der Waals surface area contributed by atoms with Crippen LogP contribution in [0.5, 0.6) is 0 Å². The van der Waals surface area contributed by atoms with Crippen molar-refractivity contribution < 1.29 is 1.37 Å². The number of fused-ring (bicyclic) bond motifs is 1. The lowest BCUT2D eigenvalue weighted by atomic mass is 9.90. The lowest BCUT2D eigenvalue weighted by Crippen LogP contribution is -2.47. The third-order valence-corrected chi connectivity index (χ3v) is 5.36. The molecule has 0 amide bonds. The monoisotopic (exact) mass is 345 g/mol. The van der Waals surface area contributed by atoms with Gasteiger partial charge in [0.15, 0.2) is 0 Å². The Kier molecular flexibility index (Phi) is 3.66. The number of benzene rings is 2. The van der Waals surface area contributed by atoms with Gasteiger partial charge in [0.2, 0.25) is 0 Å². The molecular weight excluding hydrogens is 316 g/mol. The number of anilines is 1. The molecule has 2 atom stereocenters. The van der Waals surface area contributed by atoms with Gasteiger partial charge < -0.3 is 9.80 Å². The molecule has 2 unspecified atom stereocenters. The second-order valence-electron chi connectivity index (χ2n) is 8.33. The van der Waals surface area contributed by atoms with Crippen molar-refractivity contribution in [2.24, 2.45) is 5.41 Å². The Morgan fingerprint density at radius 1 is 0.923 bits per heavy atom. The Balaban J connectivity index is 1.92. The summed E-state index contributed by atoms with van der Waals surface area (Å²) in [5, 5.41) is 0. The van der Waals surface area contributed by atoms with Crippen LogP contribution in [0.25, 0.3) is 0 Å². The van der Waals surface area contributed by atoms with E-state index in [2.05, 4.69) is 87.0 Å². The molecule has 2 aromatic rings. The summed E-state index contributed by atoms with van der Waals surface area (Å²) < 4.78 is 9.37. The SMILES string of the molecule is [2H]C1(c2ccccc2)C=CN2C1=C(C)N(c1ccccc1C)C2C(C)(C)C. The molecule has 0 bridgehead atoms. The number of nitrogens with zero attached hydrogens (tertiary/aromatic N) is 2. The highest BCUT2D eigenvalue weighted by molar-refractivity contribution is 5.63. The molecule has 2 nitrogen and oxygen atoms in total. The normalized spacial score (nSPS) is 25.7. The Bertz CT molecular complexity index is 923. The van der Waals surface area contributed by atoms with E-state index >= 15 is 0 Å². The van der Waals surface area contributed by atoms with Crippen LogP contribution in [-0.4, -0.2) is 11.1 Å². The molecule has 2 aromatic carbocycles. The highest BCUT2D eigenvalue weighted by Gasteiger charge is 2.46. The maximum Gasteiger partial charge on any atom is 0.115 e. The largest absolute Gasteiger partial charge is 0.328 e. The number of aryl methyl sites for hydroxylation is 1. The zero-order valence-corrected chi connectivity index (χ0v) is 16.3. The van der Waals surface area contributed by atoms with Crippen molar-refractivity contribution >= 4 is 5.69 Å². The van der Waals surface area contributed by atoms with E-state index in [-0.39, 0.29) is 11.6 Å². The molecule has 4 rings (SSSR count). The third-order valence-electron chi connectivity index (χ3n) is 5.36. The minimum atomic E-state index is -0.855. The predicted octanol–water partition coefficient (Wildman–Crippen LogP) is 6.03. The van der Waals surface area contributed by atoms with Gasteiger partial charge in [-0.2, -0.15) is 0 Å².